The highest BCUT2D eigenvalue weighted by atomic mass is 16.4. The van der Waals surface area contributed by atoms with Crippen molar-refractivity contribution in [3.05, 3.63) is 6.20 Å². The second-order valence-electron chi connectivity index (χ2n) is 5.38. The van der Waals surface area contributed by atoms with E-state index in [2.05, 4.69) is 10.4 Å². The average Bonchev–Trinajstić information content (AvgIpc) is 2.78. The summed E-state index contributed by atoms with van der Waals surface area (Å²) in [7, 11) is 0. The number of rotatable bonds is 9. The van der Waals surface area contributed by atoms with Crippen LogP contribution < -0.4 is 11.1 Å². The van der Waals surface area contributed by atoms with Crippen LogP contribution in [0.1, 0.15) is 20.3 Å². The van der Waals surface area contributed by atoms with Gasteiger partial charge in [-0.2, -0.15) is 5.10 Å². The molecule has 0 aliphatic carbocycles. The van der Waals surface area contributed by atoms with E-state index in [4.69, 9.17) is 10.8 Å². The Kier molecular flexibility index (Phi) is 6.90. The minimum absolute atomic E-state index is 0.0200. The zero-order valence-electron chi connectivity index (χ0n) is 12.5. The lowest BCUT2D eigenvalue weighted by atomic mass is 10.1. The van der Waals surface area contributed by atoms with E-state index in [9.17, 15) is 15.3 Å². The van der Waals surface area contributed by atoms with E-state index >= 15 is 0 Å². The largest absolute Gasteiger partial charge is 0.394 e. The Morgan fingerprint density at radius 1 is 1.29 bits per heavy atom. The van der Waals surface area contributed by atoms with E-state index in [1.165, 1.54) is 6.20 Å². The van der Waals surface area contributed by atoms with E-state index in [-0.39, 0.29) is 12.3 Å². The molecule has 8 nitrogen and oxygen atoms in total. The van der Waals surface area contributed by atoms with Crippen molar-refractivity contribution >= 4 is 11.5 Å². The molecule has 0 saturated heterocycles. The number of hydrogen-bond donors (Lipinski definition) is 6. The van der Waals surface area contributed by atoms with Crippen molar-refractivity contribution < 1.29 is 20.4 Å². The average molecular weight is 302 g/mol. The van der Waals surface area contributed by atoms with Crippen LogP contribution in [0.3, 0.4) is 0 Å². The zero-order chi connectivity index (χ0) is 16.0. The van der Waals surface area contributed by atoms with Crippen LogP contribution in [0, 0.1) is 5.92 Å². The maximum atomic E-state index is 9.57. The molecule has 1 aromatic rings. The van der Waals surface area contributed by atoms with Gasteiger partial charge in [-0.05, 0) is 13.3 Å². The van der Waals surface area contributed by atoms with Gasteiger partial charge >= 0.3 is 0 Å². The molecule has 0 radical (unpaired) electrons. The van der Waals surface area contributed by atoms with Gasteiger partial charge in [0.15, 0.2) is 0 Å². The van der Waals surface area contributed by atoms with E-state index in [1.807, 2.05) is 6.92 Å². The molecule has 1 aromatic heterocycles. The number of nitrogens with two attached hydrogens (primary N) is 1. The molecule has 0 saturated carbocycles. The van der Waals surface area contributed by atoms with Crippen molar-refractivity contribution in [3.63, 3.8) is 0 Å². The lowest BCUT2D eigenvalue weighted by Crippen LogP contribution is -2.31. The first-order valence-corrected chi connectivity index (χ1v) is 7.07. The van der Waals surface area contributed by atoms with Crippen molar-refractivity contribution in [1.29, 1.82) is 0 Å². The van der Waals surface area contributed by atoms with Gasteiger partial charge in [0, 0.05) is 19.0 Å². The molecule has 7 N–H and O–H groups in total. The Morgan fingerprint density at radius 3 is 2.52 bits per heavy atom. The lowest BCUT2D eigenvalue weighted by Gasteiger charge is -2.19. The third-order valence-electron chi connectivity index (χ3n) is 3.52. The molecule has 0 bridgehead atoms. The zero-order valence-corrected chi connectivity index (χ0v) is 12.5. The smallest absolute Gasteiger partial charge is 0.147 e. The molecule has 122 valence electrons. The summed E-state index contributed by atoms with van der Waals surface area (Å²) in [5, 5.41) is 44.3. The second kappa shape index (κ2) is 8.18. The predicted molar refractivity (Wildman–Crippen MR) is 79.7 cm³/mol. The van der Waals surface area contributed by atoms with Crippen LogP contribution in [-0.4, -0.2) is 61.7 Å². The molecule has 0 aromatic carbocycles. The molecular formula is C13H26N4O4. The molecule has 4 unspecified atom stereocenters. The molecule has 0 aliphatic rings. The number of nitrogens with one attached hydrogen (secondary N) is 1. The minimum atomic E-state index is -1.15. The first-order chi connectivity index (χ1) is 9.86. The van der Waals surface area contributed by atoms with Gasteiger partial charge in [-0.1, -0.05) is 6.92 Å². The number of aliphatic hydroxyl groups is 4. The number of anilines is 2. The lowest BCUT2D eigenvalue weighted by molar-refractivity contribution is -0.0158. The third kappa shape index (κ3) is 5.16. The van der Waals surface area contributed by atoms with Crippen LogP contribution in [-0.2, 0) is 6.54 Å². The summed E-state index contributed by atoms with van der Waals surface area (Å²) >= 11 is 0. The first kappa shape index (κ1) is 17.7. The van der Waals surface area contributed by atoms with Gasteiger partial charge in [-0.3, -0.25) is 0 Å². The van der Waals surface area contributed by atoms with Gasteiger partial charge in [-0.25, -0.2) is 4.68 Å². The summed E-state index contributed by atoms with van der Waals surface area (Å²) in [6.07, 6.45) is -0.820. The van der Waals surface area contributed by atoms with E-state index < -0.39 is 24.9 Å². The molecule has 8 heteroatoms. The Labute approximate surface area is 124 Å². The van der Waals surface area contributed by atoms with Gasteiger partial charge < -0.3 is 31.5 Å². The van der Waals surface area contributed by atoms with Crippen molar-refractivity contribution in [2.75, 3.05) is 24.2 Å². The highest BCUT2D eigenvalue weighted by Crippen LogP contribution is 2.20. The molecule has 21 heavy (non-hydrogen) atoms. The quantitative estimate of drug-likeness (QED) is 0.344. The predicted octanol–water partition coefficient (Wildman–Crippen LogP) is -1.00. The van der Waals surface area contributed by atoms with Crippen LogP contribution >= 0.6 is 0 Å². The Morgan fingerprint density at radius 2 is 1.95 bits per heavy atom. The number of aromatic nitrogens is 2. The van der Waals surface area contributed by atoms with Crippen molar-refractivity contribution in [1.82, 2.24) is 9.78 Å². The van der Waals surface area contributed by atoms with Crippen molar-refractivity contribution in [3.8, 4) is 0 Å². The molecule has 0 amide bonds. The topological polar surface area (TPSA) is 137 Å². The summed E-state index contributed by atoms with van der Waals surface area (Å²) in [4.78, 5) is 0. The summed E-state index contributed by atoms with van der Waals surface area (Å²) in [6.45, 7) is 4.04. The molecular weight excluding hydrogens is 276 g/mol. The number of nitrogens with zero attached hydrogens (tertiary/aromatic N) is 2. The van der Waals surface area contributed by atoms with E-state index in [0.717, 1.165) is 0 Å². The maximum Gasteiger partial charge on any atom is 0.147 e. The Hall–Kier alpha value is -1.35. The van der Waals surface area contributed by atoms with Gasteiger partial charge in [0.1, 0.15) is 11.9 Å². The Balaban J connectivity index is 2.57. The second-order valence-corrected chi connectivity index (χ2v) is 5.38. The monoisotopic (exact) mass is 302 g/mol. The third-order valence-corrected chi connectivity index (χ3v) is 3.52. The summed E-state index contributed by atoms with van der Waals surface area (Å²) in [6, 6.07) is 0. The SMILES string of the molecule is CC(O)C(C)Cn1ncc(N)c1NCCC(O)C(O)CO. The van der Waals surface area contributed by atoms with Crippen molar-refractivity contribution in [2.45, 2.75) is 45.1 Å². The standard InChI is InChI=1S/C13H26N4O4/c1-8(9(2)19)6-17-13(10(14)5-16-17)15-4-3-11(20)12(21)7-18/h5,8-9,11-12,15,18-21H,3-4,6-7,14H2,1-2H3. The highest BCUT2D eigenvalue weighted by molar-refractivity contribution is 5.60. The van der Waals surface area contributed by atoms with Gasteiger partial charge in [-0.15, -0.1) is 0 Å². The normalized spacial score (nSPS) is 17.2. The van der Waals surface area contributed by atoms with Crippen LogP contribution in [0.25, 0.3) is 0 Å². The Bertz CT molecular complexity index is 424. The van der Waals surface area contributed by atoms with E-state index in [0.29, 0.717) is 24.6 Å². The minimum Gasteiger partial charge on any atom is -0.394 e. The highest BCUT2D eigenvalue weighted by Gasteiger charge is 2.17. The van der Waals surface area contributed by atoms with Crippen LogP contribution in [0.15, 0.2) is 6.20 Å². The summed E-state index contributed by atoms with van der Waals surface area (Å²) in [5.41, 5.74) is 6.31. The number of aliphatic hydroxyl groups excluding tert-OH is 4. The van der Waals surface area contributed by atoms with Crippen LogP contribution in [0.5, 0.6) is 0 Å². The van der Waals surface area contributed by atoms with Gasteiger partial charge in [0.2, 0.25) is 0 Å². The fourth-order valence-electron chi connectivity index (χ4n) is 1.81. The first-order valence-electron chi connectivity index (χ1n) is 7.07. The van der Waals surface area contributed by atoms with Gasteiger partial charge in [0.25, 0.3) is 0 Å². The molecule has 0 fully saturated rings. The molecule has 4 atom stereocenters. The number of hydrogen-bond acceptors (Lipinski definition) is 7. The van der Waals surface area contributed by atoms with Crippen LogP contribution in [0.4, 0.5) is 11.5 Å². The molecule has 1 heterocycles. The molecule has 0 aliphatic heterocycles. The van der Waals surface area contributed by atoms with E-state index in [1.54, 1.807) is 11.6 Å². The fourth-order valence-corrected chi connectivity index (χ4v) is 1.81. The van der Waals surface area contributed by atoms with Crippen LogP contribution in [0.2, 0.25) is 0 Å². The molecule has 0 spiro atoms. The van der Waals surface area contributed by atoms with Gasteiger partial charge in [0.05, 0.1) is 30.7 Å². The molecule has 1 rings (SSSR count). The summed E-state index contributed by atoms with van der Waals surface area (Å²) < 4.78 is 1.67. The fraction of sp³-hybridized carbons (Fsp3) is 0.769. The number of nitrogen functional groups attached to an aromatic ring is 1. The maximum absolute atomic E-state index is 9.57. The summed E-state index contributed by atoms with van der Waals surface area (Å²) in [5.74, 6) is 0.639. The van der Waals surface area contributed by atoms with Crippen molar-refractivity contribution in [2.24, 2.45) is 5.92 Å².